The van der Waals surface area contributed by atoms with Crippen molar-refractivity contribution >= 4 is 5.97 Å². The number of carbonyl (C=O) groups is 1. The van der Waals surface area contributed by atoms with Crippen LogP contribution < -0.4 is 0 Å². The standard InChI is InChI=1S/C4H8O4/c1-2-7-4(5)3-8-6/h6H,2-3H2,1H3. The highest BCUT2D eigenvalue weighted by Crippen LogP contribution is 1.76. The van der Waals surface area contributed by atoms with Crippen LogP contribution >= 0.6 is 0 Å². The summed E-state index contributed by atoms with van der Waals surface area (Å²) in [4.78, 5) is 13.6. The zero-order valence-electron chi connectivity index (χ0n) is 4.59. The normalized spacial score (nSPS) is 8.75. The average Bonchev–Trinajstić information content (AvgIpc) is 1.68. The molecular formula is C4H8O4. The van der Waals surface area contributed by atoms with E-state index in [0.717, 1.165) is 0 Å². The molecule has 0 bridgehead atoms. The van der Waals surface area contributed by atoms with E-state index in [1.54, 1.807) is 6.92 Å². The largest absolute Gasteiger partial charge is 0.464 e. The quantitative estimate of drug-likeness (QED) is 0.324. The summed E-state index contributed by atoms with van der Waals surface area (Å²) < 4.78 is 4.36. The van der Waals surface area contributed by atoms with Crippen LogP contribution in [0.25, 0.3) is 0 Å². The van der Waals surface area contributed by atoms with Gasteiger partial charge in [-0.2, -0.15) is 0 Å². The van der Waals surface area contributed by atoms with E-state index in [1.165, 1.54) is 0 Å². The van der Waals surface area contributed by atoms with Crippen LogP contribution in [0.3, 0.4) is 0 Å². The Kier molecular flexibility index (Phi) is 4.20. The number of rotatable bonds is 3. The summed E-state index contributed by atoms with van der Waals surface area (Å²) in [5, 5.41) is 7.66. The van der Waals surface area contributed by atoms with E-state index in [-0.39, 0.29) is 0 Å². The smallest absolute Gasteiger partial charge is 0.335 e. The second kappa shape index (κ2) is 4.55. The van der Waals surface area contributed by atoms with E-state index in [0.29, 0.717) is 6.61 Å². The van der Waals surface area contributed by atoms with Gasteiger partial charge in [0.05, 0.1) is 6.61 Å². The zero-order chi connectivity index (χ0) is 6.41. The summed E-state index contributed by atoms with van der Waals surface area (Å²) in [6, 6.07) is 0. The maximum absolute atomic E-state index is 10.1. The van der Waals surface area contributed by atoms with Crippen molar-refractivity contribution in [3.05, 3.63) is 0 Å². The van der Waals surface area contributed by atoms with Gasteiger partial charge >= 0.3 is 5.97 Å². The minimum absolute atomic E-state index is 0.308. The summed E-state index contributed by atoms with van der Waals surface area (Å²) in [7, 11) is 0. The van der Waals surface area contributed by atoms with Gasteiger partial charge in [-0.15, -0.1) is 0 Å². The van der Waals surface area contributed by atoms with Gasteiger partial charge in [-0.3, -0.25) is 5.26 Å². The van der Waals surface area contributed by atoms with Crippen LogP contribution in [0.1, 0.15) is 6.92 Å². The Morgan fingerprint density at radius 2 is 2.38 bits per heavy atom. The highest BCUT2D eigenvalue weighted by atomic mass is 17.1. The van der Waals surface area contributed by atoms with Crippen molar-refractivity contribution in [1.29, 1.82) is 0 Å². The van der Waals surface area contributed by atoms with Crippen LogP contribution in [-0.2, 0) is 14.4 Å². The van der Waals surface area contributed by atoms with Crippen molar-refractivity contribution in [2.24, 2.45) is 0 Å². The average molecular weight is 120 g/mol. The molecule has 8 heavy (non-hydrogen) atoms. The highest BCUT2D eigenvalue weighted by Gasteiger charge is 1.97. The maximum Gasteiger partial charge on any atom is 0.335 e. The van der Waals surface area contributed by atoms with Crippen molar-refractivity contribution in [3.63, 3.8) is 0 Å². The van der Waals surface area contributed by atoms with Gasteiger partial charge in [0.15, 0.2) is 6.61 Å². The minimum Gasteiger partial charge on any atom is -0.464 e. The van der Waals surface area contributed by atoms with Crippen molar-refractivity contribution in [1.82, 2.24) is 0 Å². The van der Waals surface area contributed by atoms with E-state index in [1.807, 2.05) is 0 Å². The molecule has 0 radical (unpaired) electrons. The van der Waals surface area contributed by atoms with Crippen LogP contribution in [0.5, 0.6) is 0 Å². The summed E-state index contributed by atoms with van der Waals surface area (Å²) in [6.45, 7) is 1.59. The number of hydrogen-bond donors (Lipinski definition) is 1. The molecule has 0 heterocycles. The summed E-state index contributed by atoms with van der Waals surface area (Å²) in [5.74, 6) is -0.560. The second-order valence-corrected chi connectivity index (χ2v) is 1.08. The first-order valence-corrected chi connectivity index (χ1v) is 2.23. The molecule has 0 unspecified atom stereocenters. The number of esters is 1. The van der Waals surface area contributed by atoms with Crippen LogP contribution in [0.15, 0.2) is 0 Å². The first-order chi connectivity index (χ1) is 3.81. The van der Waals surface area contributed by atoms with Crippen molar-refractivity contribution in [2.45, 2.75) is 6.92 Å². The molecular weight excluding hydrogens is 112 g/mol. The van der Waals surface area contributed by atoms with Gasteiger partial charge in [0.2, 0.25) is 0 Å². The molecule has 0 fully saturated rings. The first kappa shape index (κ1) is 7.39. The molecule has 0 aliphatic heterocycles. The Morgan fingerprint density at radius 1 is 1.75 bits per heavy atom. The fourth-order valence-corrected chi connectivity index (χ4v) is 0.255. The number of ether oxygens (including phenoxy) is 1. The highest BCUT2D eigenvalue weighted by molar-refractivity contribution is 5.70. The molecule has 0 aliphatic carbocycles. The van der Waals surface area contributed by atoms with E-state index in [2.05, 4.69) is 9.62 Å². The molecule has 4 heteroatoms. The van der Waals surface area contributed by atoms with E-state index < -0.39 is 12.6 Å². The Labute approximate surface area is 46.9 Å². The Balaban J connectivity index is 3.06. The summed E-state index contributed by atoms with van der Waals surface area (Å²) in [5.41, 5.74) is 0. The Morgan fingerprint density at radius 3 is 2.75 bits per heavy atom. The number of hydrogen-bond acceptors (Lipinski definition) is 4. The zero-order valence-corrected chi connectivity index (χ0v) is 4.59. The molecule has 4 nitrogen and oxygen atoms in total. The van der Waals surface area contributed by atoms with Gasteiger partial charge in [0, 0.05) is 0 Å². The fraction of sp³-hybridized carbons (Fsp3) is 0.750. The molecule has 0 aromatic carbocycles. The summed E-state index contributed by atoms with van der Waals surface area (Å²) in [6.07, 6.45) is 0. The lowest BCUT2D eigenvalue weighted by atomic mass is 10.7. The van der Waals surface area contributed by atoms with Crippen molar-refractivity contribution < 1.29 is 19.7 Å². The third-order valence-electron chi connectivity index (χ3n) is 0.488. The summed E-state index contributed by atoms with van der Waals surface area (Å²) >= 11 is 0. The van der Waals surface area contributed by atoms with Gasteiger partial charge in [-0.25, -0.2) is 9.68 Å². The van der Waals surface area contributed by atoms with Crippen molar-refractivity contribution in [2.75, 3.05) is 13.2 Å². The third kappa shape index (κ3) is 3.58. The molecule has 0 spiro atoms. The van der Waals surface area contributed by atoms with Gasteiger partial charge in [0.25, 0.3) is 0 Å². The lowest BCUT2D eigenvalue weighted by Crippen LogP contribution is -2.10. The van der Waals surface area contributed by atoms with Crippen LogP contribution in [-0.4, -0.2) is 24.4 Å². The van der Waals surface area contributed by atoms with E-state index >= 15 is 0 Å². The molecule has 0 atom stereocenters. The molecule has 0 saturated heterocycles. The van der Waals surface area contributed by atoms with Crippen LogP contribution in [0.2, 0.25) is 0 Å². The molecule has 0 saturated carbocycles. The SMILES string of the molecule is CCOC(=O)COO. The maximum atomic E-state index is 10.1. The fourth-order valence-electron chi connectivity index (χ4n) is 0.255. The molecule has 0 aromatic heterocycles. The predicted molar refractivity (Wildman–Crippen MR) is 25.2 cm³/mol. The second-order valence-electron chi connectivity index (χ2n) is 1.08. The van der Waals surface area contributed by atoms with Gasteiger partial charge in [-0.05, 0) is 6.92 Å². The lowest BCUT2D eigenvalue weighted by Gasteiger charge is -1.95. The lowest BCUT2D eigenvalue weighted by molar-refractivity contribution is -0.244. The minimum atomic E-state index is -0.560. The molecule has 0 amide bonds. The predicted octanol–water partition coefficient (Wildman–Crippen LogP) is 0.0391. The van der Waals surface area contributed by atoms with Gasteiger partial charge in [-0.1, -0.05) is 0 Å². The topological polar surface area (TPSA) is 55.8 Å². The van der Waals surface area contributed by atoms with Gasteiger partial charge < -0.3 is 4.74 Å². The Hall–Kier alpha value is -0.610. The van der Waals surface area contributed by atoms with Crippen LogP contribution in [0, 0.1) is 0 Å². The molecule has 48 valence electrons. The van der Waals surface area contributed by atoms with E-state index in [9.17, 15) is 4.79 Å². The third-order valence-corrected chi connectivity index (χ3v) is 0.488. The molecule has 0 aromatic rings. The molecule has 0 rings (SSSR count). The van der Waals surface area contributed by atoms with Crippen LogP contribution in [0.4, 0.5) is 0 Å². The Bertz CT molecular complexity index is 62.4. The van der Waals surface area contributed by atoms with Gasteiger partial charge in [0.1, 0.15) is 0 Å². The van der Waals surface area contributed by atoms with Crippen molar-refractivity contribution in [3.8, 4) is 0 Å². The van der Waals surface area contributed by atoms with E-state index in [4.69, 9.17) is 5.26 Å². The molecule has 1 N–H and O–H groups in total. The molecule has 0 aliphatic rings. The number of carbonyl (C=O) groups excluding carboxylic acids is 1. The first-order valence-electron chi connectivity index (χ1n) is 2.23. The monoisotopic (exact) mass is 120 g/mol.